The second-order valence-electron chi connectivity index (χ2n) is 6.50. The number of pyridine rings is 1. The zero-order chi connectivity index (χ0) is 18.8. The average molecular weight is 348 g/mol. The minimum absolute atomic E-state index is 0.231. The van der Waals surface area contributed by atoms with E-state index in [0.29, 0.717) is 18.7 Å². The number of hydrogen-bond acceptors (Lipinski definition) is 5. The first kappa shape index (κ1) is 20.6. The average Bonchev–Trinajstić information content (AvgIpc) is 2.61. The zero-order valence-corrected chi connectivity index (χ0v) is 15.1. The lowest BCUT2D eigenvalue weighted by molar-refractivity contribution is -0.140. The quantitative estimate of drug-likeness (QED) is 0.380. The van der Waals surface area contributed by atoms with E-state index in [2.05, 4.69) is 22.2 Å². The molecule has 1 aromatic heterocycles. The van der Waals surface area contributed by atoms with E-state index in [1.807, 2.05) is 32.0 Å². The minimum atomic E-state index is -0.623. The summed E-state index contributed by atoms with van der Waals surface area (Å²) >= 11 is 0. The zero-order valence-electron chi connectivity index (χ0n) is 15.1. The van der Waals surface area contributed by atoms with Crippen molar-refractivity contribution in [1.29, 1.82) is 0 Å². The molecule has 1 rings (SSSR count). The molecule has 1 aromatic rings. The topological polar surface area (TPSA) is 103 Å². The largest absolute Gasteiger partial charge is 0.382 e. The Balaban J connectivity index is 2.52. The van der Waals surface area contributed by atoms with Gasteiger partial charge in [0.2, 0.25) is 11.8 Å². The van der Waals surface area contributed by atoms with Crippen LogP contribution in [0.2, 0.25) is 0 Å². The second-order valence-corrected chi connectivity index (χ2v) is 6.50. The second kappa shape index (κ2) is 10.5. The minimum Gasteiger partial charge on any atom is -0.382 e. The fourth-order valence-corrected chi connectivity index (χ4v) is 2.44. The Hall–Kier alpha value is -2.41. The molecule has 0 spiro atoms. The van der Waals surface area contributed by atoms with Gasteiger partial charge in [0.1, 0.15) is 0 Å². The van der Waals surface area contributed by atoms with E-state index in [1.54, 1.807) is 18.6 Å². The van der Waals surface area contributed by atoms with Crippen LogP contribution in [-0.4, -0.2) is 28.6 Å². The third kappa shape index (κ3) is 7.34. The van der Waals surface area contributed by atoms with E-state index in [9.17, 15) is 9.59 Å². The molecule has 1 heterocycles. The third-order valence-electron chi connectivity index (χ3n) is 3.91. The van der Waals surface area contributed by atoms with Gasteiger partial charge >= 0.3 is 0 Å². The van der Waals surface area contributed by atoms with Crippen molar-refractivity contribution in [3.05, 3.63) is 42.4 Å². The van der Waals surface area contributed by atoms with E-state index in [4.69, 9.17) is 5.21 Å². The van der Waals surface area contributed by atoms with Crippen LogP contribution in [0.25, 0.3) is 0 Å². The van der Waals surface area contributed by atoms with Gasteiger partial charge < -0.3 is 10.6 Å². The lowest BCUT2D eigenvalue weighted by atomic mass is 9.85. The van der Waals surface area contributed by atoms with E-state index in [-0.39, 0.29) is 18.4 Å². The first-order valence-electron chi connectivity index (χ1n) is 8.38. The molecule has 2 amide bonds. The van der Waals surface area contributed by atoms with E-state index >= 15 is 0 Å². The molecule has 0 radical (unpaired) electrons. The predicted octanol–water partition coefficient (Wildman–Crippen LogP) is 1.60. The van der Waals surface area contributed by atoms with Crippen LogP contribution < -0.4 is 16.1 Å². The molecule has 7 heteroatoms. The number of rotatable bonds is 10. The number of hydrogen-bond donors (Lipinski definition) is 4. The molecule has 0 aliphatic carbocycles. The summed E-state index contributed by atoms with van der Waals surface area (Å²) in [5, 5.41) is 14.7. The fraction of sp³-hybridized carbons (Fsp3) is 0.500. The van der Waals surface area contributed by atoms with Crippen LogP contribution in [0, 0.1) is 17.8 Å². The molecular formula is C18H28N4O3. The van der Waals surface area contributed by atoms with Crippen molar-refractivity contribution in [1.82, 2.24) is 21.1 Å². The van der Waals surface area contributed by atoms with E-state index in [0.717, 1.165) is 5.69 Å². The Bertz CT molecular complexity index is 575. The highest BCUT2D eigenvalue weighted by atomic mass is 16.5. The third-order valence-corrected chi connectivity index (χ3v) is 3.91. The highest BCUT2D eigenvalue weighted by Crippen LogP contribution is 2.21. The Labute approximate surface area is 148 Å². The van der Waals surface area contributed by atoms with Gasteiger partial charge in [-0.05, 0) is 24.5 Å². The van der Waals surface area contributed by atoms with Crippen LogP contribution in [0.4, 0.5) is 0 Å². The van der Waals surface area contributed by atoms with Crippen molar-refractivity contribution in [2.75, 3.05) is 6.54 Å². The van der Waals surface area contributed by atoms with Gasteiger partial charge in [-0.3, -0.25) is 19.8 Å². The van der Waals surface area contributed by atoms with Gasteiger partial charge in [0.25, 0.3) is 0 Å². The Kier molecular flexibility index (Phi) is 8.63. The summed E-state index contributed by atoms with van der Waals surface area (Å²) in [6, 6.07) is 5.64. The van der Waals surface area contributed by atoms with Crippen LogP contribution in [0.15, 0.2) is 36.7 Å². The van der Waals surface area contributed by atoms with Gasteiger partial charge in [0, 0.05) is 23.7 Å². The van der Waals surface area contributed by atoms with Gasteiger partial charge in [0.05, 0.1) is 18.8 Å². The molecule has 0 bridgehead atoms. The van der Waals surface area contributed by atoms with Crippen molar-refractivity contribution in [2.24, 2.45) is 17.8 Å². The van der Waals surface area contributed by atoms with Crippen LogP contribution >= 0.6 is 0 Å². The number of carbonyl (C=O) groups excluding carboxylic acids is 2. The number of nitrogens with zero attached hydrogens (tertiary/aromatic N) is 1. The maximum Gasteiger partial charge on any atom is 0.246 e. The predicted molar refractivity (Wildman–Crippen MR) is 95.3 cm³/mol. The summed E-state index contributed by atoms with van der Waals surface area (Å²) in [6.07, 6.45) is 2.26. The monoisotopic (exact) mass is 348 g/mol. The molecular weight excluding hydrogens is 320 g/mol. The van der Waals surface area contributed by atoms with Gasteiger partial charge in [-0.25, -0.2) is 5.48 Å². The molecule has 0 aliphatic heterocycles. The molecule has 4 N–H and O–H groups in total. The Morgan fingerprint density at radius 3 is 2.48 bits per heavy atom. The van der Waals surface area contributed by atoms with Crippen LogP contribution in [0.1, 0.15) is 32.9 Å². The number of aromatic nitrogens is 1. The molecule has 0 saturated carbocycles. The maximum atomic E-state index is 12.5. The molecule has 0 saturated heterocycles. The van der Waals surface area contributed by atoms with Crippen molar-refractivity contribution >= 4 is 11.8 Å². The summed E-state index contributed by atoms with van der Waals surface area (Å²) in [6.45, 7) is 10.3. The van der Waals surface area contributed by atoms with Gasteiger partial charge in [-0.2, -0.15) is 0 Å². The van der Waals surface area contributed by atoms with Crippen LogP contribution in [0.5, 0.6) is 0 Å². The van der Waals surface area contributed by atoms with Crippen molar-refractivity contribution in [2.45, 2.75) is 33.7 Å². The van der Waals surface area contributed by atoms with Gasteiger partial charge in [-0.15, -0.1) is 0 Å². The van der Waals surface area contributed by atoms with E-state index in [1.165, 1.54) is 0 Å². The SMILES string of the molecule is C=C(CNC(=O)[C@H](CC(C)C)[C@@H](C)C(=O)NO)NCc1ccccn1. The summed E-state index contributed by atoms with van der Waals surface area (Å²) in [7, 11) is 0. The van der Waals surface area contributed by atoms with Crippen LogP contribution in [0.3, 0.4) is 0 Å². The number of carbonyl (C=O) groups is 2. The first-order chi connectivity index (χ1) is 11.8. The standard InChI is InChI=1S/C18H28N4O3/c1-12(2)9-16(14(4)17(23)22-25)18(24)21-10-13(3)20-11-15-7-5-6-8-19-15/h5-8,12,14,16,20,25H,3,9-11H2,1-2,4H3,(H,21,24)(H,22,23)/t14-,16-/m1/s1. The highest BCUT2D eigenvalue weighted by Gasteiger charge is 2.30. The smallest absolute Gasteiger partial charge is 0.246 e. The van der Waals surface area contributed by atoms with Gasteiger partial charge in [-0.1, -0.05) is 33.4 Å². The molecule has 0 aliphatic rings. The van der Waals surface area contributed by atoms with Gasteiger partial charge in [0.15, 0.2) is 0 Å². The summed E-state index contributed by atoms with van der Waals surface area (Å²) in [5.41, 5.74) is 3.15. The number of nitrogens with one attached hydrogen (secondary N) is 3. The molecule has 0 unspecified atom stereocenters. The summed E-state index contributed by atoms with van der Waals surface area (Å²) in [5.74, 6) is -1.69. The highest BCUT2D eigenvalue weighted by molar-refractivity contribution is 5.87. The lowest BCUT2D eigenvalue weighted by Crippen LogP contribution is -2.42. The van der Waals surface area contributed by atoms with Crippen molar-refractivity contribution in [3.63, 3.8) is 0 Å². The number of hydroxylamine groups is 1. The summed E-state index contributed by atoms with van der Waals surface area (Å²) in [4.78, 5) is 28.3. The summed E-state index contributed by atoms with van der Waals surface area (Å²) < 4.78 is 0. The Morgan fingerprint density at radius 1 is 1.20 bits per heavy atom. The molecule has 2 atom stereocenters. The number of amides is 2. The molecule has 0 aromatic carbocycles. The molecule has 138 valence electrons. The van der Waals surface area contributed by atoms with E-state index < -0.39 is 17.7 Å². The van der Waals surface area contributed by atoms with Crippen LogP contribution in [-0.2, 0) is 16.1 Å². The maximum absolute atomic E-state index is 12.5. The first-order valence-corrected chi connectivity index (χ1v) is 8.38. The molecule has 7 nitrogen and oxygen atoms in total. The molecule has 0 fully saturated rings. The fourth-order valence-electron chi connectivity index (χ4n) is 2.44. The Morgan fingerprint density at radius 2 is 1.92 bits per heavy atom. The lowest BCUT2D eigenvalue weighted by Gasteiger charge is -2.23. The van der Waals surface area contributed by atoms with Crippen molar-refractivity contribution < 1.29 is 14.8 Å². The molecule has 25 heavy (non-hydrogen) atoms. The normalized spacial score (nSPS) is 13.0. The van der Waals surface area contributed by atoms with Crippen molar-refractivity contribution in [3.8, 4) is 0 Å².